The number of hydrogen-bond donors (Lipinski definition) is 1. The van der Waals surface area contributed by atoms with E-state index in [9.17, 15) is 9.59 Å². The number of nitrogens with zero attached hydrogens (tertiary/aromatic N) is 3. The largest absolute Gasteiger partial charge is 0.360 e. The number of rotatable bonds is 3. The van der Waals surface area contributed by atoms with Crippen molar-refractivity contribution in [3.05, 3.63) is 40.6 Å². The molecule has 138 valence electrons. The van der Waals surface area contributed by atoms with Crippen LogP contribution in [0.1, 0.15) is 23.0 Å². The van der Waals surface area contributed by atoms with Crippen molar-refractivity contribution in [2.24, 2.45) is 0 Å². The lowest BCUT2D eigenvalue weighted by atomic mass is 10.0. The topological polar surface area (TPSA) is 78.7 Å². The third-order valence-corrected chi connectivity index (χ3v) is 4.72. The van der Waals surface area contributed by atoms with Crippen LogP contribution in [0.4, 0.5) is 4.79 Å². The predicted octanol–water partition coefficient (Wildman–Crippen LogP) is 2.79. The van der Waals surface area contributed by atoms with Crippen molar-refractivity contribution in [2.45, 2.75) is 13.8 Å². The van der Waals surface area contributed by atoms with E-state index in [2.05, 4.69) is 10.5 Å². The molecule has 0 radical (unpaired) electrons. The summed E-state index contributed by atoms with van der Waals surface area (Å²) in [5, 5.41) is 7.34. The minimum Gasteiger partial charge on any atom is -0.360 e. The molecule has 3 rings (SSSR count). The zero-order valence-electron chi connectivity index (χ0n) is 14.8. The van der Waals surface area contributed by atoms with Gasteiger partial charge in [0.15, 0.2) is 0 Å². The summed E-state index contributed by atoms with van der Waals surface area (Å²) in [6, 6.07) is 7.12. The lowest BCUT2D eigenvalue weighted by Crippen LogP contribution is -2.53. The number of nitrogens with one attached hydrogen (secondary N) is 1. The fourth-order valence-corrected chi connectivity index (χ4v) is 3.22. The van der Waals surface area contributed by atoms with Crippen molar-refractivity contribution in [2.75, 3.05) is 32.7 Å². The molecule has 0 unspecified atom stereocenters. The molecule has 0 aliphatic carbocycles. The van der Waals surface area contributed by atoms with E-state index in [4.69, 9.17) is 16.1 Å². The normalized spacial score (nSPS) is 14.4. The number of carbonyl (C=O) groups is 2. The van der Waals surface area contributed by atoms with Gasteiger partial charge in [-0.15, -0.1) is 0 Å². The van der Waals surface area contributed by atoms with Gasteiger partial charge in [-0.25, -0.2) is 4.79 Å². The molecule has 1 aliphatic rings. The average molecular weight is 377 g/mol. The van der Waals surface area contributed by atoms with Crippen LogP contribution < -0.4 is 5.32 Å². The number of halogens is 1. The lowest BCUT2D eigenvalue weighted by Gasteiger charge is -2.34. The van der Waals surface area contributed by atoms with Gasteiger partial charge in [0.1, 0.15) is 17.0 Å². The number of amides is 3. The summed E-state index contributed by atoms with van der Waals surface area (Å²) in [5.41, 5.74) is 1.53. The van der Waals surface area contributed by atoms with Crippen LogP contribution in [-0.2, 0) is 0 Å². The molecule has 3 amide bonds. The molecule has 0 spiro atoms. The Labute approximate surface area is 156 Å². The van der Waals surface area contributed by atoms with Crippen molar-refractivity contribution in [1.82, 2.24) is 20.3 Å². The average Bonchev–Trinajstić information content (AvgIpc) is 3.03. The number of benzene rings is 1. The summed E-state index contributed by atoms with van der Waals surface area (Å²) < 4.78 is 5.28. The number of urea groups is 1. The highest BCUT2D eigenvalue weighted by Crippen LogP contribution is 2.31. The maximum Gasteiger partial charge on any atom is 0.317 e. The molecule has 1 fully saturated rings. The number of piperazine rings is 1. The molecule has 1 aromatic carbocycles. The quantitative estimate of drug-likeness (QED) is 0.893. The second-order valence-corrected chi connectivity index (χ2v) is 6.46. The first kappa shape index (κ1) is 18.3. The highest BCUT2D eigenvalue weighted by atomic mass is 35.5. The molecular weight excluding hydrogens is 356 g/mol. The number of carbonyl (C=O) groups excluding carboxylic acids is 2. The molecule has 2 aromatic rings. The maximum absolute atomic E-state index is 13.1. The van der Waals surface area contributed by atoms with Gasteiger partial charge in [0.05, 0.1) is 5.02 Å². The highest BCUT2D eigenvalue weighted by molar-refractivity contribution is 6.33. The Morgan fingerprint density at radius 3 is 2.50 bits per heavy atom. The van der Waals surface area contributed by atoms with Gasteiger partial charge in [-0.05, 0) is 19.9 Å². The number of hydrogen-bond acceptors (Lipinski definition) is 4. The van der Waals surface area contributed by atoms with Gasteiger partial charge in [-0.2, -0.15) is 0 Å². The Balaban J connectivity index is 1.79. The first-order valence-electron chi connectivity index (χ1n) is 8.56. The highest BCUT2D eigenvalue weighted by Gasteiger charge is 2.30. The molecule has 1 aliphatic heterocycles. The monoisotopic (exact) mass is 376 g/mol. The third-order valence-electron chi connectivity index (χ3n) is 4.39. The molecule has 1 saturated heterocycles. The van der Waals surface area contributed by atoms with E-state index in [1.807, 2.05) is 25.1 Å². The Kier molecular flexibility index (Phi) is 5.46. The van der Waals surface area contributed by atoms with Crippen LogP contribution in [0.15, 0.2) is 28.8 Å². The second-order valence-electron chi connectivity index (χ2n) is 6.06. The van der Waals surface area contributed by atoms with Gasteiger partial charge < -0.3 is 19.6 Å². The molecule has 1 aromatic heterocycles. The molecule has 7 nitrogen and oxygen atoms in total. The molecule has 0 saturated carbocycles. The number of aromatic nitrogens is 1. The van der Waals surface area contributed by atoms with E-state index in [0.717, 1.165) is 0 Å². The van der Waals surface area contributed by atoms with E-state index in [1.165, 1.54) is 0 Å². The molecule has 0 bridgehead atoms. The molecular formula is C18H21ClN4O3. The predicted molar refractivity (Wildman–Crippen MR) is 98.2 cm³/mol. The molecule has 1 N–H and O–H groups in total. The van der Waals surface area contributed by atoms with Gasteiger partial charge in [-0.1, -0.05) is 35.0 Å². The first-order valence-corrected chi connectivity index (χ1v) is 8.94. The Bertz CT molecular complexity index is 813. The van der Waals surface area contributed by atoms with Crippen molar-refractivity contribution in [1.29, 1.82) is 0 Å². The summed E-state index contributed by atoms with van der Waals surface area (Å²) in [5.74, 6) is 0.297. The van der Waals surface area contributed by atoms with Crippen molar-refractivity contribution < 1.29 is 14.1 Å². The Morgan fingerprint density at radius 1 is 1.19 bits per heavy atom. The van der Waals surface area contributed by atoms with Gasteiger partial charge in [0.2, 0.25) is 0 Å². The van der Waals surface area contributed by atoms with Crippen LogP contribution in [0.5, 0.6) is 0 Å². The minimum absolute atomic E-state index is 0.0995. The fraction of sp³-hybridized carbons (Fsp3) is 0.389. The summed E-state index contributed by atoms with van der Waals surface area (Å²) in [4.78, 5) is 28.4. The third kappa shape index (κ3) is 3.53. The Hall–Kier alpha value is -2.54. The van der Waals surface area contributed by atoms with Gasteiger partial charge in [-0.3, -0.25) is 4.79 Å². The van der Waals surface area contributed by atoms with E-state index >= 15 is 0 Å². The first-order chi connectivity index (χ1) is 12.5. The summed E-state index contributed by atoms with van der Waals surface area (Å²) >= 11 is 6.26. The van der Waals surface area contributed by atoms with E-state index in [0.29, 0.717) is 60.3 Å². The van der Waals surface area contributed by atoms with Crippen LogP contribution in [0.3, 0.4) is 0 Å². The molecule has 8 heteroatoms. The van der Waals surface area contributed by atoms with Crippen LogP contribution >= 0.6 is 11.6 Å². The molecule has 26 heavy (non-hydrogen) atoms. The minimum atomic E-state index is -0.158. The van der Waals surface area contributed by atoms with E-state index in [-0.39, 0.29) is 11.9 Å². The zero-order valence-corrected chi connectivity index (χ0v) is 15.5. The zero-order chi connectivity index (χ0) is 18.7. The summed E-state index contributed by atoms with van der Waals surface area (Å²) in [6.45, 7) is 6.07. The smallest absolute Gasteiger partial charge is 0.317 e. The van der Waals surface area contributed by atoms with Crippen molar-refractivity contribution >= 4 is 23.5 Å². The fourth-order valence-electron chi connectivity index (χ4n) is 2.99. The van der Waals surface area contributed by atoms with Gasteiger partial charge in [0.25, 0.3) is 5.91 Å². The molecule has 0 atom stereocenters. The summed E-state index contributed by atoms with van der Waals surface area (Å²) in [7, 11) is 0. The number of aryl methyl sites for hydroxylation is 1. The van der Waals surface area contributed by atoms with Crippen LogP contribution in [0.2, 0.25) is 5.02 Å². The Morgan fingerprint density at radius 2 is 1.85 bits per heavy atom. The van der Waals surface area contributed by atoms with Crippen LogP contribution in [-0.4, -0.2) is 59.6 Å². The lowest BCUT2D eigenvalue weighted by molar-refractivity contribution is 0.0664. The van der Waals surface area contributed by atoms with E-state index in [1.54, 1.807) is 22.8 Å². The SMILES string of the molecule is CCNC(=O)N1CCN(C(=O)c2c(-c3ccccc3Cl)noc2C)CC1. The van der Waals surface area contributed by atoms with Crippen LogP contribution in [0, 0.1) is 6.92 Å². The van der Waals surface area contributed by atoms with Gasteiger partial charge in [0, 0.05) is 38.3 Å². The van der Waals surface area contributed by atoms with Crippen molar-refractivity contribution in [3.8, 4) is 11.3 Å². The van der Waals surface area contributed by atoms with Crippen molar-refractivity contribution in [3.63, 3.8) is 0 Å². The van der Waals surface area contributed by atoms with Crippen LogP contribution in [0.25, 0.3) is 11.3 Å². The molecule has 2 heterocycles. The maximum atomic E-state index is 13.1. The second kappa shape index (κ2) is 7.78. The van der Waals surface area contributed by atoms with Gasteiger partial charge >= 0.3 is 6.03 Å². The van der Waals surface area contributed by atoms with E-state index < -0.39 is 0 Å². The standard InChI is InChI=1S/C18H21ClN4O3/c1-3-20-18(25)23-10-8-22(9-11-23)17(24)15-12(2)26-21-16(15)13-6-4-5-7-14(13)19/h4-7H,3,8-11H2,1-2H3,(H,20,25). The summed E-state index contributed by atoms with van der Waals surface area (Å²) in [6.07, 6.45) is 0.